The van der Waals surface area contributed by atoms with E-state index in [1.165, 1.54) is 12.3 Å². The highest BCUT2D eigenvalue weighted by Crippen LogP contribution is 2.22. The first-order chi connectivity index (χ1) is 8.10. The van der Waals surface area contributed by atoms with Crippen molar-refractivity contribution in [3.8, 4) is 11.6 Å². The van der Waals surface area contributed by atoms with Gasteiger partial charge in [0, 0.05) is 18.8 Å². The predicted molar refractivity (Wildman–Crippen MR) is 67.3 cm³/mol. The van der Waals surface area contributed by atoms with Gasteiger partial charge in [0.1, 0.15) is 0 Å². The van der Waals surface area contributed by atoms with Gasteiger partial charge in [-0.25, -0.2) is 0 Å². The summed E-state index contributed by atoms with van der Waals surface area (Å²) in [5.41, 5.74) is -0.541. The molecule has 0 bridgehead atoms. The van der Waals surface area contributed by atoms with Crippen molar-refractivity contribution in [1.29, 1.82) is 0 Å². The average molecular weight is 239 g/mol. The highest BCUT2D eigenvalue weighted by atomic mass is 16.3. The first kappa shape index (κ1) is 13.6. The molecular formula is C13H21NO3. The maximum atomic E-state index is 11.1. The highest BCUT2D eigenvalue weighted by Gasteiger charge is 2.12. The third kappa shape index (κ3) is 3.51. The SMILES string of the molecule is CCCCC(CC)Cn1ccc(=O)c(O)c1O. The van der Waals surface area contributed by atoms with Crippen molar-refractivity contribution in [3.63, 3.8) is 0 Å². The Morgan fingerprint density at radius 2 is 2.06 bits per heavy atom. The van der Waals surface area contributed by atoms with E-state index in [-0.39, 0.29) is 5.88 Å². The van der Waals surface area contributed by atoms with Crippen LogP contribution in [-0.2, 0) is 6.54 Å². The van der Waals surface area contributed by atoms with Crippen molar-refractivity contribution in [2.75, 3.05) is 0 Å². The van der Waals surface area contributed by atoms with Crippen LogP contribution in [0.5, 0.6) is 11.6 Å². The molecular weight excluding hydrogens is 218 g/mol. The molecule has 96 valence electrons. The van der Waals surface area contributed by atoms with Crippen LogP contribution < -0.4 is 5.43 Å². The lowest BCUT2D eigenvalue weighted by atomic mass is 9.99. The van der Waals surface area contributed by atoms with Gasteiger partial charge in [0.25, 0.3) is 0 Å². The van der Waals surface area contributed by atoms with Crippen molar-refractivity contribution >= 4 is 0 Å². The van der Waals surface area contributed by atoms with E-state index < -0.39 is 11.2 Å². The van der Waals surface area contributed by atoms with Crippen molar-refractivity contribution in [3.05, 3.63) is 22.5 Å². The summed E-state index contributed by atoms with van der Waals surface area (Å²) in [4.78, 5) is 11.1. The summed E-state index contributed by atoms with van der Waals surface area (Å²) >= 11 is 0. The molecule has 0 aromatic carbocycles. The zero-order valence-electron chi connectivity index (χ0n) is 10.5. The van der Waals surface area contributed by atoms with E-state index in [1.54, 1.807) is 4.57 Å². The largest absolute Gasteiger partial charge is 0.500 e. The molecule has 1 heterocycles. The standard InChI is InChI=1S/C13H21NO3/c1-3-5-6-10(4-2)9-14-8-7-11(15)12(16)13(14)17/h7-8,10,16-17H,3-6,9H2,1-2H3. The Kier molecular flexibility index (Phi) is 5.07. The van der Waals surface area contributed by atoms with Crippen molar-refractivity contribution in [1.82, 2.24) is 4.57 Å². The monoisotopic (exact) mass is 239 g/mol. The van der Waals surface area contributed by atoms with E-state index in [9.17, 15) is 15.0 Å². The van der Waals surface area contributed by atoms with Gasteiger partial charge in [-0.15, -0.1) is 0 Å². The number of aromatic hydroxyl groups is 2. The molecule has 0 amide bonds. The molecule has 0 aliphatic heterocycles. The van der Waals surface area contributed by atoms with Gasteiger partial charge >= 0.3 is 0 Å². The number of aromatic nitrogens is 1. The van der Waals surface area contributed by atoms with Crippen LogP contribution in [0.25, 0.3) is 0 Å². The molecule has 0 fully saturated rings. The Balaban J connectivity index is 2.79. The average Bonchev–Trinajstić information content (AvgIpc) is 2.34. The fourth-order valence-corrected chi connectivity index (χ4v) is 1.90. The summed E-state index contributed by atoms with van der Waals surface area (Å²) < 4.78 is 1.54. The summed E-state index contributed by atoms with van der Waals surface area (Å²) in [5, 5.41) is 19.0. The molecule has 4 nitrogen and oxygen atoms in total. The molecule has 2 N–H and O–H groups in total. The number of unbranched alkanes of at least 4 members (excludes halogenated alkanes) is 1. The number of rotatable bonds is 6. The van der Waals surface area contributed by atoms with Crippen molar-refractivity contribution in [2.45, 2.75) is 46.1 Å². The maximum absolute atomic E-state index is 11.1. The number of hydrogen-bond donors (Lipinski definition) is 2. The lowest BCUT2D eigenvalue weighted by molar-refractivity contribution is 0.322. The van der Waals surface area contributed by atoms with Crippen LogP contribution in [-0.4, -0.2) is 14.8 Å². The van der Waals surface area contributed by atoms with Gasteiger partial charge < -0.3 is 14.8 Å². The predicted octanol–water partition coefficient (Wildman–Crippen LogP) is 2.48. The first-order valence-electron chi connectivity index (χ1n) is 6.21. The minimum absolute atomic E-state index is 0.326. The van der Waals surface area contributed by atoms with Gasteiger partial charge in [-0.3, -0.25) is 4.79 Å². The Morgan fingerprint density at radius 3 is 2.65 bits per heavy atom. The third-order valence-corrected chi connectivity index (χ3v) is 3.12. The Morgan fingerprint density at radius 1 is 1.35 bits per heavy atom. The van der Waals surface area contributed by atoms with E-state index >= 15 is 0 Å². The molecule has 1 aromatic rings. The molecule has 4 heteroatoms. The molecule has 1 rings (SSSR count). The second-order valence-corrected chi connectivity index (χ2v) is 4.42. The lowest BCUT2D eigenvalue weighted by Gasteiger charge is -2.17. The van der Waals surface area contributed by atoms with Crippen molar-refractivity contribution < 1.29 is 10.2 Å². The molecule has 1 atom stereocenters. The minimum atomic E-state index is -0.558. The van der Waals surface area contributed by atoms with Gasteiger partial charge in [0.15, 0.2) is 0 Å². The summed E-state index contributed by atoms with van der Waals surface area (Å²) in [6, 6.07) is 1.28. The van der Waals surface area contributed by atoms with Crippen LogP contribution in [0.2, 0.25) is 0 Å². The maximum Gasteiger partial charge on any atom is 0.238 e. The van der Waals surface area contributed by atoms with E-state index in [0.717, 1.165) is 25.7 Å². The molecule has 0 spiro atoms. The van der Waals surface area contributed by atoms with E-state index in [4.69, 9.17) is 0 Å². The number of nitrogens with zero attached hydrogens (tertiary/aromatic N) is 1. The quantitative estimate of drug-likeness (QED) is 0.801. The van der Waals surface area contributed by atoms with Crippen molar-refractivity contribution in [2.24, 2.45) is 5.92 Å². The third-order valence-electron chi connectivity index (χ3n) is 3.12. The zero-order valence-corrected chi connectivity index (χ0v) is 10.5. The molecule has 0 aliphatic carbocycles. The van der Waals surface area contributed by atoms with Gasteiger partial charge in [0.2, 0.25) is 17.1 Å². The van der Waals surface area contributed by atoms with Crippen LogP contribution >= 0.6 is 0 Å². The van der Waals surface area contributed by atoms with Gasteiger partial charge in [-0.1, -0.05) is 33.1 Å². The zero-order chi connectivity index (χ0) is 12.8. The molecule has 0 radical (unpaired) electrons. The van der Waals surface area contributed by atoms with Crippen LogP contribution in [0.3, 0.4) is 0 Å². The highest BCUT2D eigenvalue weighted by molar-refractivity contribution is 5.30. The normalized spacial score (nSPS) is 12.6. The van der Waals surface area contributed by atoms with Gasteiger partial charge in [-0.05, 0) is 12.3 Å². The van der Waals surface area contributed by atoms with Crippen LogP contribution in [0.1, 0.15) is 39.5 Å². The van der Waals surface area contributed by atoms with Crippen LogP contribution in [0.4, 0.5) is 0 Å². The molecule has 1 aromatic heterocycles. The molecule has 0 aliphatic rings. The molecule has 17 heavy (non-hydrogen) atoms. The second kappa shape index (κ2) is 6.33. The summed E-state index contributed by atoms with van der Waals surface area (Å²) in [7, 11) is 0. The summed E-state index contributed by atoms with van der Waals surface area (Å²) in [6.07, 6.45) is 5.96. The fourth-order valence-electron chi connectivity index (χ4n) is 1.90. The smallest absolute Gasteiger partial charge is 0.238 e. The number of pyridine rings is 1. The van der Waals surface area contributed by atoms with Crippen LogP contribution in [0, 0.1) is 5.92 Å². The summed E-state index contributed by atoms with van der Waals surface area (Å²) in [6.45, 7) is 4.89. The Hall–Kier alpha value is -1.45. The Bertz CT molecular complexity index is 412. The summed E-state index contributed by atoms with van der Waals surface area (Å²) in [5.74, 6) is -0.423. The van der Waals surface area contributed by atoms with Crippen LogP contribution in [0.15, 0.2) is 17.1 Å². The van der Waals surface area contributed by atoms with E-state index in [2.05, 4.69) is 13.8 Å². The Labute approximate surface area is 102 Å². The van der Waals surface area contributed by atoms with E-state index in [0.29, 0.717) is 12.5 Å². The lowest BCUT2D eigenvalue weighted by Crippen LogP contribution is -2.13. The molecule has 1 unspecified atom stereocenters. The van der Waals surface area contributed by atoms with Gasteiger partial charge in [0.05, 0.1) is 0 Å². The molecule has 0 saturated carbocycles. The topological polar surface area (TPSA) is 62.5 Å². The molecule has 0 saturated heterocycles. The minimum Gasteiger partial charge on any atom is -0.500 e. The second-order valence-electron chi connectivity index (χ2n) is 4.42. The first-order valence-corrected chi connectivity index (χ1v) is 6.21. The fraction of sp³-hybridized carbons (Fsp3) is 0.615. The van der Waals surface area contributed by atoms with E-state index in [1.807, 2.05) is 0 Å². The van der Waals surface area contributed by atoms with Gasteiger partial charge in [-0.2, -0.15) is 0 Å². The number of hydrogen-bond acceptors (Lipinski definition) is 3.